The fourth-order valence-corrected chi connectivity index (χ4v) is 5.54. The van der Waals surface area contributed by atoms with E-state index in [1.807, 2.05) is 24.3 Å². The van der Waals surface area contributed by atoms with Crippen LogP contribution in [0.5, 0.6) is 0 Å². The number of sulfonamides is 1. The third kappa shape index (κ3) is 4.97. The number of carbonyl (C=O) groups is 1. The first-order valence-electron chi connectivity index (χ1n) is 9.09. The molecule has 1 aliphatic rings. The van der Waals surface area contributed by atoms with E-state index in [-0.39, 0.29) is 10.8 Å². The van der Waals surface area contributed by atoms with Crippen LogP contribution in [0.4, 0.5) is 0 Å². The Balaban J connectivity index is 1.63. The molecular weight excluding hydrogens is 460 g/mol. The summed E-state index contributed by atoms with van der Waals surface area (Å²) in [4.78, 5) is 15.9. The number of piperazine rings is 1. The Bertz CT molecular complexity index is 921. The molecule has 1 aliphatic heterocycles. The van der Waals surface area contributed by atoms with Crippen molar-refractivity contribution in [2.24, 2.45) is 0 Å². The summed E-state index contributed by atoms with van der Waals surface area (Å²) in [6.45, 7) is 5.63. The molecule has 150 valence electrons. The number of carbonyl (C=O) groups excluding carboxylic acids is 1. The van der Waals surface area contributed by atoms with E-state index in [0.717, 1.165) is 9.37 Å². The quantitative estimate of drug-likeness (QED) is 0.601. The highest BCUT2D eigenvalue weighted by atomic mass is 79.9. The van der Waals surface area contributed by atoms with Crippen LogP contribution in [-0.2, 0) is 10.0 Å². The Labute approximate surface area is 179 Å². The fraction of sp³-hybridized carbons (Fsp3) is 0.350. The molecule has 0 aliphatic carbocycles. The molecule has 1 fully saturated rings. The number of benzene rings is 2. The molecule has 0 spiro atoms. The number of hydrogen-bond donors (Lipinski definition) is 0. The highest BCUT2D eigenvalue weighted by molar-refractivity contribution is 9.10. The molecule has 2 aromatic carbocycles. The van der Waals surface area contributed by atoms with Crippen molar-refractivity contribution in [2.45, 2.75) is 28.9 Å². The van der Waals surface area contributed by atoms with Gasteiger partial charge in [0.2, 0.25) is 10.0 Å². The molecule has 0 radical (unpaired) electrons. The van der Waals surface area contributed by atoms with Gasteiger partial charge in [0.05, 0.1) is 4.90 Å². The number of halogens is 1. The first kappa shape index (κ1) is 21.4. The largest absolute Gasteiger partial charge is 0.336 e. The molecule has 0 aromatic heterocycles. The minimum atomic E-state index is -3.54. The van der Waals surface area contributed by atoms with Crippen LogP contribution in [0.25, 0.3) is 0 Å². The summed E-state index contributed by atoms with van der Waals surface area (Å²) in [5.41, 5.74) is 0.636. The molecule has 1 saturated heterocycles. The summed E-state index contributed by atoms with van der Waals surface area (Å²) < 4.78 is 27.8. The maximum atomic E-state index is 12.8. The molecule has 1 amide bonds. The van der Waals surface area contributed by atoms with Crippen LogP contribution in [0, 0.1) is 0 Å². The highest BCUT2D eigenvalue weighted by Crippen LogP contribution is 2.24. The lowest BCUT2D eigenvalue weighted by molar-refractivity contribution is 0.0698. The topological polar surface area (TPSA) is 57.7 Å². The standard InChI is InChI=1S/C20H23BrN2O3S2/c1-15(2)27-18-7-3-16(4-8-18)20(24)22-11-13-23(14-12-22)28(25,26)19-9-5-17(21)6-10-19/h3-10,15H,11-14H2,1-2H3. The summed E-state index contributed by atoms with van der Waals surface area (Å²) in [7, 11) is -3.54. The Morgan fingerprint density at radius 1 is 0.964 bits per heavy atom. The minimum absolute atomic E-state index is 0.0539. The number of rotatable bonds is 5. The molecule has 0 saturated carbocycles. The maximum absolute atomic E-state index is 12.8. The van der Waals surface area contributed by atoms with E-state index in [1.54, 1.807) is 40.9 Å². The van der Waals surface area contributed by atoms with Crippen molar-refractivity contribution in [3.8, 4) is 0 Å². The van der Waals surface area contributed by atoms with Crippen LogP contribution in [0.1, 0.15) is 24.2 Å². The third-order valence-corrected chi connectivity index (χ3v) is 7.91. The number of nitrogens with zero attached hydrogens (tertiary/aromatic N) is 2. The second-order valence-electron chi connectivity index (χ2n) is 6.84. The zero-order valence-electron chi connectivity index (χ0n) is 15.8. The summed E-state index contributed by atoms with van der Waals surface area (Å²) in [5.74, 6) is -0.0539. The van der Waals surface area contributed by atoms with Gasteiger partial charge in [0.15, 0.2) is 0 Å². The molecule has 0 N–H and O–H groups in total. The van der Waals surface area contributed by atoms with E-state index in [1.165, 1.54) is 4.31 Å². The zero-order chi connectivity index (χ0) is 20.3. The van der Waals surface area contributed by atoms with E-state index < -0.39 is 10.0 Å². The predicted octanol–water partition coefficient (Wildman–Crippen LogP) is 4.10. The molecule has 28 heavy (non-hydrogen) atoms. The van der Waals surface area contributed by atoms with Gasteiger partial charge in [-0.2, -0.15) is 4.31 Å². The van der Waals surface area contributed by atoms with E-state index in [4.69, 9.17) is 0 Å². The number of amides is 1. The van der Waals surface area contributed by atoms with Crippen LogP contribution in [0.3, 0.4) is 0 Å². The smallest absolute Gasteiger partial charge is 0.253 e. The summed E-state index contributed by atoms with van der Waals surface area (Å²) in [5, 5.41) is 0.488. The molecule has 5 nitrogen and oxygen atoms in total. The van der Waals surface area contributed by atoms with Gasteiger partial charge in [0.1, 0.15) is 0 Å². The Morgan fingerprint density at radius 3 is 2.07 bits per heavy atom. The lowest BCUT2D eigenvalue weighted by Crippen LogP contribution is -2.50. The predicted molar refractivity (Wildman–Crippen MR) is 116 cm³/mol. The van der Waals surface area contributed by atoms with Gasteiger partial charge in [-0.3, -0.25) is 4.79 Å². The third-order valence-electron chi connectivity index (χ3n) is 4.45. The van der Waals surface area contributed by atoms with Gasteiger partial charge in [0.25, 0.3) is 5.91 Å². The number of hydrogen-bond acceptors (Lipinski definition) is 4. The fourth-order valence-electron chi connectivity index (χ4n) is 3.02. The van der Waals surface area contributed by atoms with Gasteiger partial charge in [0, 0.05) is 46.4 Å². The van der Waals surface area contributed by atoms with Gasteiger partial charge < -0.3 is 4.90 Å². The van der Waals surface area contributed by atoms with Gasteiger partial charge in [-0.15, -0.1) is 11.8 Å². The van der Waals surface area contributed by atoms with Crippen molar-refractivity contribution in [2.75, 3.05) is 26.2 Å². The van der Waals surface area contributed by atoms with Crippen molar-refractivity contribution in [1.29, 1.82) is 0 Å². The van der Waals surface area contributed by atoms with Crippen LogP contribution in [0.2, 0.25) is 0 Å². The first-order valence-corrected chi connectivity index (χ1v) is 12.2. The van der Waals surface area contributed by atoms with Gasteiger partial charge in [-0.05, 0) is 48.5 Å². The minimum Gasteiger partial charge on any atom is -0.336 e. The van der Waals surface area contributed by atoms with Gasteiger partial charge in [-0.25, -0.2) is 8.42 Å². The van der Waals surface area contributed by atoms with Gasteiger partial charge >= 0.3 is 0 Å². The second-order valence-corrected chi connectivity index (χ2v) is 11.3. The Hall–Kier alpha value is -1.35. The monoisotopic (exact) mass is 482 g/mol. The lowest BCUT2D eigenvalue weighted by Gasteiger charge is -2.34. The summed E-state index contributed by atoms with van der Waals surface area (Å²) in [6.07, 6.45) is 0. The molecule has 0 bridgehead atoms. The molecule has 1 heterocycles. The summed E-state index contributed by atoms with van der Waals surface area (Å²) in [6, 6.07) is 14.2. The molecule has 0 atom stereocenters. The molecular formula is C20H23BrN2O3S2. The first-order chi connectivity index (χ1) is 13.3. The summed E-state index contributed by atoms with van der Waals surface area (Å²) >= 11 is 5.07. The average Bonchev–Trinajstić information content (AvgIpc) is 2.68. The van der Waals surface area contributed by atoms with E-state index in [9.17, 15) is 13.2 Å². The maximum Gasteiger partial charge on any atom is 0.253 e. The van der Waals surface area contributed by atoms with Crippen molar-refractivity contribution < 1.29 is 13.2 Å². The van der Waals surface area contributed by atoms with Crippen LogP contribution >= 0.6 is 27.7 Å². The lowest BCUT2D eigenvalue weighted by atomic mass is 10.2. The van der Waals surface area contributed by atoms with Crippen LogP contribution in [0.15, 0.2) is 62.8 Å². The SMILES string of the molecule is CC(C)Sc1ccc(C(=O)N2CCN(S(=O)(=O)c3ccc(Br)cc3)CC2)cc1. The Kier molecular flexibility index (Phi) is 6.85. The molecule has 3 rings (SSSR count). The highest BCUT2D eigenvalue weighted by Gasteiger charge is 2.30. The van der Waals surface area contributed by atoms with Crippen LogP contribution in [-0.4, -0.2) is 55.0 Å². The molecule has 0 unspecified atom stereocenters. The molecule has 8 heteroatoms. The van der Waals surface area contributed by atoms with Crippen LogP contribution < -0.4 is 0 Å². The zero-order valence-corrected chi connectivity index (χ0v) is 19.1. The van der Waals surface area contributed by atoms with Crippen molar-refractivity contribution in [3.63, 3.8) is 0 Å². The van der Waals surface area contributed by atoms with Gasteiger partial charge in [-0.1, -0.05) is 29.8 Å². The van der Waals surface area contributed by atoms with E-state index >= 15 is 0 Å². The van der Waals surface area contributed by atoms with Crippen molar-refractivity contribution >= 4 is 43.6 Å². The van der Waals surface area contributed by atoms with Crippen molar-refractivity contribution in [1.82, 2.24) is 9.21 Å². The van der Waals surface area contributed by atoms with E-state index in [0.29, 0.717) is 37.0 Å². The molecule has 2 aromatic rings. The Morgan fingerprint density at radius 2 is 1.54 bits per heavy atom. The van der Waals surface area contributed by atoms with Crippen molar-refractivity contribution in [3.05, 3.63) is 58.6 Å². The normalized spacial score (nSPS) is 15.8. The average molecular weight is 483 g/mol. The second kappa shape index (κ2) is 8.98. The van der Waals surface area contributed by atoms with E-state index in [2.05, 4.69) is 29.8 Å². The number of thioether (sulfide) groups is 1.